The quantitative estimate of drug-likeness (QED) is 0.189. The second-order valence-corrected chi connectivity index (χ2v) is 8.51. The van der Waals surface area contributed by atoms with Crippen LogP contribution in [0.25, 0.3) is 21.6 Å². The number of benzene rings is 2. The third-order valence-corrected chi connectivity index (χ3v) is 6.02. The maximum atomic E-state index is 12.0. The molecule has 3 aromatic rings. The van der Waals surface area contributed by atoms with Gasteiger partial charge in [-0.3, -0.25) is 0 Å². The van der Waals surface area contributed by atoms with Gasteiger partial charge in [-0.1, -0.05) is 99.1 Å². The maximum absolute atomic E-state index is 12.0. The fourth-order valence-electron chi connectivity index (χ4n) is 3.33. The third kappa shape index (κ3) is 6.43. The average Bonchev–Trinajstić information content (AvgIpc) is 3.23. The van der Waals surface area contributed by atoms with Crippen LogP contribution in [0.3, 0.4) is 0 Å². The number of aryl methyl sites for hydroxylation is 1. The molecule has 0 N–H and O–H groups in total. The lowest BCUT2D eigenvalue weighted by Crippen LogP contribution is -2.02. The minimum atomic E-state index is -0.304. The Morgan fingerprint density at radius 1 is 0.833 bits per heavy atom. The summed E-state index contributed by atoms with van der Waals surface area (Å²) in [5.74, 6) is -0.304. The molecule has 0 aliphatic heterocycles. The number of ether oxygens (including phenoxy) is 1. The van der Waals surface area contributed by atoms with Gasteiger partial charge in [0.25, 0.3) is 0 Å². The molecule has 3 rings (SSSR count). The van der Waals surface area contributed by atoms with Gasteiger partial charge in [-0.2, -0.15) is 0 Å². The smallest absolute Gasteiger partial charge is 0.336 e. The van der Waals surface area contributed by atoms with E-state index in [9.17, 15) is 4.79 Å². The first kappa shape index (κ1) is 22.0. The van der Waals surface area contributed by atoms with Crippen molar-refractivity contribution in [1.29, 1.82) is 0 Å². The summed E-state index contributed by atoms with van der Waals surface area (Å²) in [6.07, 6.45) is 10.1. The number of unbranched alkanes of at least 4 members (excludes halogenated alkanes) is 3. The van der Waals surface area contributed by atoms with Crippen LogP contribution in [0.15, 0.2) is 72.8 Å². The van der Waals surface area contributed by atoms with Crippen LogP contribution < -0.4 is 4.74 Å². The van der Waals surface area contributed by atoms with Crippen molar-refractivity contribution in [1.82, 2.24) is 0 Å². The number of allylic oxidation sites excluding steroid dienone is 1. The van der Waals surface area contributed by atoms with Crippen molar-refractivity contribution in [2.24, 2.45) is 0 Å². The highest BCUT2D eigenvalue weighted by molar-refractivity contribution is 7.17. The van der Waals surface area contributed by atoms with Crippen molar-refractivity contribution in [3.8, 4) is 26.6 Å². The lowest BCUT2D eigenvalue weighted by atomic mass is 10.0. The van der Waals surface area contributed by atoms with Crippen LogP contribution in [0.1, 0.15) is 51.5 Å². The molecule has 0 fully saturated rings. The predicted molar refractivity (Wildman–Crippen MR) is 128 cm³/mol. The Hall–Kier alpha value is -2.65. The lowest BCUT2D eigenvalue weighted by Gasteiger charge is -2.05. The van der Waals surface area contributed by atoms with Gasteiger partial charge in [-0.15, -0.1) is 0 Å². The lowest BCUT2D eigenvalue weighted by molar-refractivity contribution is -0.128. The monoisotopic (exact) mass is 418 g/mol. The molecule has 0 atom stereocenters. The molecule has 2 aromatic carbocycles. The van der Waals surface area contributed by atoms with Crippen LogP contribution in [-0.2, 0) is 11.2 Å². The van der Waals surface area contributed by atoms with Crippen molar-refractivity contribution in [2.75, 3.05) is 0 Å². The van der Waals surface area contributed by atoms with Gasteiger partial charge in [0.15, 0.2) is 5.06 Å². The van der Waals surface area contributed by atoms with E-state index in [-0.39, 0.29) is 5.97 Å². The van der Waals surface area contributed by atoms with Crippen LogP contribution in [0.2, 0.25) is 0 Å². The molecule has 30 heavy (non-hydrogen) atoms. The van der Waals surface area contributed by atoms with Gasteiger partial charge < -0.3 is 4.74 Å². The molecule has 3 heteroatoms. The second-order valence-electron chi connectivity index (χ2n) is 7.46. The summed E-state index contributed by atoms with van der Waals surface area (Å²) in [7, 11) is 0. The molecule has 0 unspecified atom stereocenters. The van der Waals surface area contributed by atoms with Crippen molar-refractivity contribution < 1.29 is 9.53 Å². The number of thiophene rings is 1. The normalized spacial score (nSPS) is 11.1. The Kier molecular flexibility index (Phi) is 8.46. The van der Waals surface area contributed by atoms with E-state index in [4.69, 9.17) is 4.74 Å². The molecule has 1 aromatic heterocycles. The van der Waals surface area contributed by atoms with E-state index in [1.807, 2.05) is 18.2 Å². The Bertz CT molecular complexity index is 949. The van der Waals surface area contributed by atoms with Crippen LogP contribution in [0.4, 0.5) is 0 Å². The molecule has 0 aliphatic rings. The first-order chi connectivity index (χ1) is 14.7. The van der Waals surface area contributed by atoms with Crippen LogP contribution in [-0.4, -0.2) is 5.97 Å². The molecule has 0 spiro atoms. The predicted octanol–water partition coefficient (Wildman–Crippen LogP) is 8.08. The maximum Gasteiger partial charge on any atom is 0.336 e. The van der Waals surface area contributed by atoms with Gasteiger partial charge in [-0.05, 0) is 53.6 Å². The molecule has 0 radical (unpaired) electrons. The van der Waals surface area contributed by atoms with E-state index in [1.165, 1.54) is 53.4 Å². The van der Waals surface area contributed by atoms with Crippen LogP contribution in [0, 0.1) is 0 Å². The Labute approximate surface area is 184 Å². The highest BCUT2D eigenvalue weighted by atomic mass is 32.1. The largest absolute Gasteiger partial charge is 0.412 e. The molecule has 0 aliphatic carbocycles. The van der Waals surface area contributed by atoms with Crippen LogP contribution >= 0.6 is 11.3 Å². The number of hydrogen-bond donors (Lipinski definition) is 0. The zero-order valence-electron chi connectivity index (χ0n) is 17.9. The van der Waals surface area contributed by atoms with E-state index in [0.29, 0.717) is 5.06 Å². The highest BCUT2D eigenvalue weighted by Crippen LogP contribution is 2.34. The molecule has 0 saturated carbocycles. The van der Waals surface area contributed by atoms with Gasteiger partial charge in [0.05, 0.1) is 0 Å². The summed E-state index contributed by atoms with van der Waals surface area (Å²) in [4.78, 5) is 13.0. The molecule has 0 bridgehead atoms. The van der Waals surface area contributed by atoms with E-state index >= 15 is 0 Å². The van der Waals surface area contributed by atoms with Gasteiger partial charge >= 0.3 is 5.97 Å². The zero-order chi connectivity index (χ0) is 21.2. The molecule has 1 heterocycles. The minimum absolute atomic E-state index is 0.304. The van der Waals surface area contributed by atoms with Crippen molar-refractivity contribution >= 4 is 17.3 Å². The molecule has 0 saturated heterocycles. The molecule has 2 nitrogen and oxygen atoms in total. The van der Waals surface area contributed by atoms with E-state index < -0.39 is 0 Å². The SMILES string of the molecule is CCCCCC=CC(=O)Oc1ccc(-c2ccc(-c3ccc(CCC)cc3)cc2)s1. The number of rotatable bonds is 10. The van der Waals surface area contributed by atoms with E-state index in [1.54, 1.807) is 0 Å². The summed E-state index contributed by atoms with van der Waals surface area (Å²) in [6.45, 7) is 4.37. The Morgan fingerprint density at radius 3 is 2.17 bits per heavy atom. The zero-order valence-corrected chi connectivity index (χ0v) is 18.7. The Balaban J connectivity index is 1.59. The molecular weight excluding hydrogens is 388 g/mol. The summed E-state index contributed by atoms with van der Waals surface area (Å²) in [6, 6.07) is 21.2. The number of carbonyl (C=O) groups excluding carboxylic acids is 1. The van der Waals surface area contributed by atoms with Crippen LogP contribution in [0.5, 0.6) is 5.06 Å². The fraction of sp³-hybridized carbons (Fsp3) is 0.296. The summed E-state index contributed by atoms with van der Waals surface area (Å²) >= 11 is 1.49. The molecule has 156 valence electrons. The number of carbonyl (C=O) groups is 1. The molecular formula is C27H30O2S. The standard InChI is InChI=1S/C27H30O2S/c1-3-5-6-7-8-10-26(28)29-27-20-19-25(30-27)24-17-15-23(16-18-24)22-13-11-21(9-4-2)12-14-22/h8,10-20H,3-7,9H2,1-2H3. The summed E-state index contributed by atoms with van der Waals surface area (Å²) in [5, 5.41) is 0.629. The minimum Gasteiger partial charge on any atom is -0.412 e. The third-order valence-electron chi connectivity index (χ3n) is 5.01. The second kappa shape index (κ2) is 11.5. The van der Waals surface area contributed by atoms with Crippen molar-refractivity contribution in [3.05, 3.63) is 78.4 Å². The van der Waals surface area contributed by atoms with Gasteiger partial charge in [0, 0.05) is 11.0 Å². The van der Waals surface area contributed by atoms with Gasteiger partial charge in [0.1, 0.15) is 0 Å². The number of hydrogen-bond acceptors (Lipinski definition) is 3. The summed E-state index contributed by atoms with van der Waals surface area (Å²) in [5.41, 5.74) is 4.95. The fourth-order valence-corrected chi connectivity index (χ4v) is 4.20. The van der Waals surface area contributed by atoms with E-state index in [0.717, 1.165) is 29.7 Å². The van der Waals surface area contributed by atoms with E-state index in [2.05, 4.69) is 62.4 Å². The first-order valence-corrected chi connectivity index (χ1v) is 11.7. The van der Waals surface area contributed by atoms with Crippen molar-refractivity contribution in [3.63, 3.8) is 0 Å². The number of esters is 1. The highest BCUT2D eigenvalue weighted by Gasteiger charge is 2.07. The van der Waals surface area contributed by atoms with Gasteiger partial charge in [0.2, 0.25) is 0 Å². The molecule has 0 amide bonds. The van der Waals surface area contributed by atoms with Crippen molar-refractivity contribution in [2.45, 2.75) is 52.4 Å². The first-order valence-electron chi connectivity index (χ1n) is 10.9. The summed E-state index contributed by atoms with van der Waals surface area (Å²) < 4.78 is 5.44. The average molecular weight is 419 g/mol. The Morgan fingerprint density at radius 2 is 1.50 bits per heavy atom. The van der Waals surface area contributed by atoms with Gasteiger partial charge in [-0.25, -0.2) is 4.79 Å². The topological polar surface area (TPSA) is 26.3 Å².